The summed E-state index contributed by atoms with van der Waals surface area (Å²) in [7, 11) is 3.06. The molecule has 3 aliphatic heterocycles. The summed E-state index contributed by atoms with van der Waals surface area (Å²) < 4.78 is 10.6. The molecule has 1 aromatic rings. The van der Waals surface area contributed by atoms with Gasteiger partial charge >= 0.3 is 5.97 Å². The third kappa shape index (κ3) is 2.02. The van der Waals surface area contributed by atoms with Crippen LogP contribution in [0, 0.1) is 5.41 Å². The summed E-state index contributed by atoms with van der Waals surface area (Å²) in [6.45, 7) is 2.09. The normalized spacial score (nSPS) is 35.8. The van der Waals surface area contributed by atoms with Gasteiger partial charge < -0.3 is 19.9 Å². The molecule has 0 bridgehead atoms. The zero-order valence-corrected chi connectivity index (χ0v) is 15.8. The minimum atomic E-state index is -0.202. The highest BCUT2D eigenvalue weighted by atomic mass is 16.5. The van der Waals surface area contributed by atoms with Crippen LogP contribution in [0.25, 0.3) is 0 Å². The van der Waals surface area contributed by atoms with Crippen molar-refractivity contribution in [3.05, 3.63) is 29.8 Å². The van der Waals surface area contributed by atoms with Crippen LogP contribution in [0.3, 0.4) is 0 Å². The number of benzene rings is 1. The lowest BCUT2D eigenvalue weighted by atomic mass is 9.55. The molecule has 0 aromatic heterocycles. The number of phenols is 1. The van der Waals surface area contributed by atoms with E-state index in [9.17, 15) is 9.90 Å². The number of aromatic hydroxyl groups is 1. The number of rotatable bonds is 3. The van der Waals surface area contributed by atoms with Gasteiger partial charge in [0.05, 0.1) is 32.4 Å². The number of piperidine rings is 1. The zero-order valence-electron chi connectivity index (χ0n) is 15.8. The number of nitrogens with one attached hydrogen (secondary N) is 1. The molecule has 4 aliphatic rings. The fourth-order valence-electron chi connectivity index (χ4n) is 6.42. The molecule has 0 saturated carbocycles. The highest BCUT2D eigenvalue weighted by Gasteiger charge is 2.65. The second kappa shape index (κ2) is 5.64. The van der Waals surface area contributed by atoms with E-state index in [2.05, 4.69) is 22.4 Å². The molecule has 2 fully saturated rings. The van der Waals surface area contributed by atoms with E-state index in [-0.39, 0.29) is 34.6 Å². The number of phenolic OH excluding ortho intramolecular Hbond substituents is 1. The first-order valence-corrected chi connectivity index (χ1v) is 9.73. The van der Waals surface area contributed by atoms with E-state index in [0.29, 0.717) is 12.2 Å². The molecule has 2 N–H and O–H groups in total. The van der Waals surface area contributed by atoms with E-state index >= 15 is 0 Å². The largest absolute Gasteiger partial charge is 0.504 e. The van der Waals surface area contributed by atoms with E-state index in [1.807, 2.05) is 6.07 Å². The van der Waals surface area contributed by atoms with Crippen LogP contribution in [0.1, 0.15) is 31.2 Å². The van der Waals surface area contributed by atoms with Crippen LogP contribution in [-0.2, 0) is 14.9 Å². The van der Waals surface area contributed by atoms with Crippen molar-refractivity contribution in [2.75, 3.05) is 32.6 Å². The SMILES string of the molecule is COC(=O)C[C@]12C=C[C@H]3Nc4c(ccc(O)c4OC)[C@]34CCN(CCC1)[C@H]24. The maximum absolute atomic E-state index is 12.3. The standard InChI is InChI=1S/C21H26N2O4/c1-26-16(25)12-20-7-3-10-23-11-9-21(19(20)23)13-4-5-14(24)18(27-2)17(13)22-15(21)6-8-20/h4-6,8,15,19,22,24H,3,7,9-12H2,1-2H3/t15-,19-,20-,21-/m1/s1. The quantitative estimate of drug-likeness (QED) is 0.629. The molecular formula is C21H26N2O4. The Morgan fingerprint density at radius 3 is 2.96 bits per heavy atom. The van der Waals surface area contributed by atoms with E-state index < -0.39 is 0 Å². The molecule has 3 heterocycles. The molecule has 0 radical (unpaired) electrons. The number of carbonyl (C=O) groups excluding carboxylic acids is 1. The van der Waals surface area contributed by atoms with Crippen molar-refractivity contribution in [1.29, 1.82) is 0 Å². The van der Waals surface area contributed by atoms with Gasteiger partial charge in [-0.2, -0.15) is 0 Å². The summed E-state index contributed by atoms with van der Waals surface area (Å²) in [4.78, 5) is 14.9. The third-order valence-corrected chi connectivity index (χ3v) is 7.32. The molecule has 6 nitrogen and oxygen atoms in total. The Hall–Kier alpha value is -2.21. The van der Waals surface area contributed by atoms with Crippen LogP contribution in [0.4, 0.5) is 5.69 Å². The lowest BCUT2D eigenvalue weighted by Gasteiger charge is -2.54. The number of esters is 1. The summed E-state index contributed by atoms with van der Waals surface area (Å²) in [6.07, 6.45) is 8.05. The summed E-state index contributed by atoms with van der Waals surface area (Å²) in [5.41, 5.74) is 1.79. The van der Waals surface area contributed by atoms with Crippen molar-refractivity contribution in [3.8, 4) is 11.5 Å². The number of anilines is 1. The van der Waals surface area contributed by atoms with Crippen LogP contribution in [-0.4, -0.2) is 55.4 Å². The van der Waals surface area contributed by atoms with Gasteiger partial charge in [-0.15, -0.1) is 0 Å². The number of ether oxygens (including phenoxy) is 2. The van der Waals surface area contributed by atoms with Crippen molar-refractivity contribution in [2.24, 2.45) is 5.41 Å². The fraction of sp³-hybridized carbons (Fsp3) is 0.571. The Balaban J connectivity index is 1.69. The summed E-state index contributed by atoms with van der Waals surface area (Å²) in [6, 6.07) is 4.17. The third-order valence-electron chi connectivity index (χ3n) is 7.32. The smallest absolute Gasteiger partial charge is 0.306 e. The van der Waals surface area contributed by atoms with Gasteiger partial charge in [0.15, 0.2) is 11.5 Å². The summed E-state index contributed by atoms with van der Waals surface area (Å²) in [5.74, 6) is 0.524. The lowest BCUT2D eigenvalue weighted by Crippen LogP contribution is -2.62. The van der Waals surface area contributed by atoms with E-state index in [1.165, 1.54) is 12.7 Å². The number of nitrogens with zero attached hydrogens (tertiary/aromatic N) is 1. The molecule has 0 unspecified atom stereocenters. The van der Waals surface area contributed by atoms with Crippen molar-refractivity contribution >= 4 is 11.7 Å². The van der Waals surface area contributed by atoms with Gasteiger partial charge in [0.2, 0.25) is 0 Å². The van der Waals surface area contributed by atoms with E-state index in [4.69, 9.17) is 9.47 Å². The molecule has 1 aliphatic carbocycles. The van der Waals surface area contributed by atoms with Gasteiger partial charge in [0, 0.05) is 16.9 Å². The van der Waals surface area contributed by atoms with Gasteiger partial charge in [-0.05, 0) is 44.0 Å². The number of fused-ring (bicyclic) bond motifs is 1. The maximum Gasteiger partial charge on any atom is 0.306 e. The second-order valence-corrected chi connectivity index (χ2v) is 8.34. The molecule has 2 saturated heterocycles. The lowest BCUT2D eigenvalue weighted by molar-refractivity contribution is -0.145. The first kappa shape index (κ1) is 16.9. The minimum Gasteiger partial charge on any atom is -0.504 e. The second-order valence-electron chi connectivity index (χ2n) is 8.34. The van der Waals surface area contributed by atoms with Gasteiger partial charge in [-0.25, -0.2) is 0 Å². The van der Waals surface area contributed by atoms with E-state index in [0.717, 1.165) is 38.0 Å². The fourth-order valence-corrected chi connectivity index (χ4v) is 6.42. The van der Waals surface area contributed by atoms with Gasteiger partial charge in [0.25, 0.3) is 0 Å². The average molecular weight is 370 g/mol. The Morgan fingerprint density at radius 1 is 1.33 bits per heavy atom. The van der Waals surface area contributed by atoms with Gasteiger partial charge in [-0.3, -0.25) is 9.69 Å². The molecule has 27 heavy (non-hydrogen) atoms. The van der Waals surface area contributed by atoms with E-state index in [1.54, 1.807) is 13.2 Å². The first-order chi connectivity index (χ1) is 13.1. The van der Waals surface area contributed by atoms with Crippen molar-refractivity contribution in [3.63, 3.8) is 0 Å². The number of hydrogen-bond donors (Lipinski definition) is 2. The average Bonchev–Trinajstić information content (AvgIpc) is 3.22. The molecule has 144 valence electrons. The molecule has 0 amide bonds. The number of hydrogen-bond acceptors (Lipinski definition) is 6. The molecular weight excluding hydrogens is 344 g/mol. The molecule has 4 atom stereocenters. The summed E-state index contributed by atoms with van der Waals surface area (Å²) >= 11 is 0. The Kier molecular flexibility index (Phi) is 3.54. The summed E-state index contributed by atoms with van der Waals surface area (Å²) in [5, 5.41) is 13.9. The molecule has 6 heteroatoms. The van der Waals surface area contributed by atoms with Crippen LogP contribution < -0.4 is 10.1 Å². The van der Waals surface area contributed by atoms with Crippen LogP contribution in [0.15, 0.2) is 24.3 Å². The highest BCUT2D eigenvalue weighted by molar-refractivity contribution is 5.77. The Labute approximate surface area is 159 Å². The monoisotopic (exact) mass is 370 g/mol. The molecule has 1 spiro atoms. The van der Waals surface area contributed by atoms with Crippen molar-refractivity contribution in [1.82, 2.24) is 4.90 Å². The van der Waals surface area contributed by atoms with Gasteiger partial charge in [-0.1, -0.05) is 18.2 Å². The van der Waals surface area contributed by atoms with Crippen molar-refractivity contribution in [2.45, 2.75) is 43.2 Å². The highest BCUT2D eigenvalue weighted by Crippen LogP contribution is 2.63. The number of methoxy groups -OCH3 is 2. The minimum absolute atomic E-state index is 0.112. The van der Waals surface area contributed by atoms with Crippen LogP contribution >= 0.6 is 0 Å². The first-order valence-electron chi connectivity index (χ1n) is 9.73. The maximum atomic E-state index is 12.3. The van der Waals surface area contributed by atoms with Crippen LogP contribution in [0.5, 0.6) is 11.5 Å². The molecule has 5 rings (SSSR count). The molecule has 1 aromatic carbocycles. The Bertz CT molecular complexity index is 838. The van der Waals surface area contributed by atoms with Crippen LogP contribution in [0.2, 0.25) is 0 Å². The predicted octanol–water partition coefficient (Wildman–Crippen LogP) is 2.42. The Morgan fingerprint density at radius 2 is 2.19 bits per heavy atom. The predicted molar refractivity (Wildman–Crippen MR) is 101 cm³/mol. The van der Waals surface area contributed by atoms with Gasteiger partial charge in [0.1, 0.15) is 0 Å². The zero-order chi connectivity index (χ0) is 18.8. The topological polar surface area (TPSA) is 71.0 Å². The van der Waals surface area contributed by atoms with Crippen molar-refractivity contribution < 1.29 is 19.4 Å². The number of carbonyl (C=O) groups is 1.